The summed E-state index contributed by atoms with van der Waals surface area (Å²) in [4.78, 5) is 8.04. The van der Waals surface area contributed by atoms with Crippen LogP contribution in [-0.4, -0.2) is 26.7 Å². The number of H-pyrrole nitrogens is 1. The molecule has 2 heterocycles. The van der Waals surface area contributed by atoms with Crippen LogP contribution in [0.2, 0.25) is 5.15 Å². The van der Waals surface area contributed by atoms with Gasteiger partial charge in [-0.1, -0.05) is 17.7 Å². The highest BCUT2D eigenvalue weighted by atomic mass is 35.5. The van der Waals surface area contributed by atoms with Gasteiger partial charge < -0.3 is 5.32 Å². The summed E-state index contributed by atoms with van der Waals surface area (Å²) in [6.45, 7) is 1.62. The summed E-state index contributed by atoms with van der Waals surface area (Å²) in [6.07, 6.45) is 4.11. The predicted octanol–water partition coefficient (Wildman–Crippen LogP) is 1.19. The Hall–Kier alpha value is -1.46. The van der Waals surface area contributed by atoms with Crippen molar-refractivity contribution in [1.82, 2.24) is 25.5 Å². The molecule has 0 spiro atoms. The second kappa shape index (κ2) is 5.58. The van der Waals surface area contributed by atoms with Crippen molar-refractivity contribution < 1.29 is 0 Å². The zero-order chi connectivity index (χ0) is 11.2. The lowest BCUT2D eigenvalue weighted by atomic mass is 10.3. The third-order valence-corrected chi connectivity index (χ3v) is 2.34. The Kier molecular flexibility index (Phi) is 3.85. The molecule has 0 amide bonds. The highest BCUT2D eigenvalue weighted by molar-refractivity contribution is 6.29. The SMILES string of the molecule is Clc1ccc(CNCCc2ncn[nH]2)cn1. The molecule has 5 nitrogen and oxygen atoms in total. The number of aromatic amines is 1. The number of aromatic nitrogens is 4. The van der Waals surface area contributed by atoms with Gasteiger partial charge in [0.2, 0.25) is 0 Å². The van der Waals surface area contributed by atoms with Crippen LogP contribution in [0.15, 0.2) is 24.7 Å². The van der Waals surface area contributed by atoms with Crippen LogP contribution < -0.4 is 5.32 Å². The average molecular weight is 238 g/mol. The maximum Gasteiger partial charge on any atom is 0.137 e. The number of hydrogen-bond acceptors (Lipinski definition) is 4. The van der Waals surface area contributed by atoms with Crippen molar-refractivity contribution in [2.24, 2.45) is 0 Å². The van der Waals surface area contributed by atoms with Crippen LogP contribution in [-0.2, 0) is 13.0 Å². The fourth-order valence-electron chi connectivity index (χ4n) is 1.30. The van der Waals surface area contributed by atoms with Crippen molar-refractivity contribution in [2.45, 2.75) is 13.0 Å². The van der Waals surface area contributed by atoms with Gasteiger partial charge >= 0.3 is 0 Å². The molecule has 0 saturated heterocycles. The van der Waals surface area contributed by atoms with Crippen molar-refractivity contribution in [1.29, 1.82) is 0 Å². The zero-order valence-corrected chi connectivity index (χ0v) is 9.41. The molecule has 0 bridgehead atoms. The van der Waals surface area contributed by atoms with Crippen LogP contribution in [0.25, 0.3) is 0 Å². The molecule has 6 heteroatoms. The zero-order valence-electron chi connectivity index (χ0n) is 8.65. The third kappa shape index (κ3) is 3.29. The van der Waals surface area contributed by atoms with E-state index in [4.69, 9.17) is 11.6 Å². The van der Waals surface area contributed by atoms with Crippen molar-refractivity contribution in [3.8, 4) is 0 Å². The van der Waals surface area contributed by atoms with Crippen LogP contribution in [0.4, 0.5) is 0 Å². The summed E-state index contributed by atoms with van der Waals surface area (Å²) in [5, 5.41) is 10.4. The summed E-state index contributed by atoms with van der Waals surface area (Å²) in [7, 11) is 0. The number of nitrogens with one attached hydrogen (secondary N) is 2. The molecule has 0 fully saturated rings. The summed E-state index contributed by atoms with van der Waals surface area (Å²) in [5.41, 5.74) is 1.11. The van der Waals surface area contributed by atoms with E-state index >= 15 is 0 Å². The van der Waals surface area contributed by atoms with E-state index < -0.39 is 0 Å². The van der Waals surface area contributed by atoms with Gasteiger partial charge in [0.15, 0.2) is 0 Å². The van der Waals surface area contributed by atoms with Gasteiger partial charge in [0, 0.05) is 25.7 Å². The molecule has 0 saturated carbocycles. The number of pyridine rings is 1. The molecular weight excluding hydrogens is 226 g/mol. The second-order valence-electron chi connectivity index (χ2n) is 3.35. The summed E-state index contributed by atoms with van der Waals surface area (Å²) in [5.74, 6) is 0.890. The van der Waals surface area contributed by atoms with Gasteiger partial charge in [0.1, 0.15) is 17.3 Å². The van der Waals surface area contributed by atoms with Gasteiger partial charge in [-0.15, -0.1) is 0 Å². The number of hydrogen-bond donors (Lipinski definition) is 2. The first kappa shape index (κ1) is 11.0. The van der Waals surface area contributed by atoms with Gasteiger partial charge in [0.05, 0.1) is 0 Å². The van der Waals surface area contributed by atoms with Crippen molar-refractivity contribution in [3.63, 3.8) is 0 Å². The van der Waals surface area contributed by atoms with E-state index in [1.165, 1.54) is 6.33 Å². The quantitative estimate of drug-likeness (QED) is 0.606. The minimum atomic E-state index is 0.519. The normalized spacial score (nSPS) is 10.6. The van der Waals surface area contributed by atoms with Crippen molar-refractivity contribution in [3.05, 3.63) is 41.2 Å². The maximum absolute atomic E-state index is 5.69. The monoisotopic (exact) mass is 237 g/mol. The first-order valence-electron chi connectivity index (χ1n) is 5.00. The largest absolute Gasteiger partial charge is 0.312 e. The molecule has 84 valence electrons. The first-order chi connectivity index (χ1) is 7.84. The van der Waals surface area contributed by atoms with Gasteiger partial charge in [-0.3, -0.25) is 5.10 Å². The van der Waals surface area contributed by atoms with E-state index in [9.17, 15) is 0 Å². The summed E-state index contributed by atoms with van der Waals surface area (Å²) < 4.78 is 0. The van der Waals surface area contributed by atoms with Crippen molar-refractivity contribution >= 4 is 11.6 Å². The highest BCUT2D eigenvalue weighted by Gasteiger charge is 1.96. The lowest BCUT2D eigenvalue weighted by Gasteiger charge is -2.03. The Bertz CT molecular complexity index is 411. The molecule has 2 rings (SSSR count). The minimum Gasteiger partial charge on any atom is -0.312 e. The standard InChI is InChI=1S/C10H12ClN5/c11-9-2-1-8(6-13-9)5-12-4-3-10-14-7-15-16-10/h1-2,6-7,12H,3-5H2,(H,14,15,16). The van der Waals surface area contributed by atoms with E-state index in [-0.39, 0.29) is 0 Å². The molecule has 0 aliphatic carbocycles. The molecule has 16 heavy (non-hydrogen) atoms. The predicted molar refractivity (Wildman–Crippen MR) is 61.0 cm³/mol. The van der Waals surface area contributed by atoms with E-state index in [1.807, 2.05) is 6.07 Å². The van der Waals surface area contributed by atoms with Crippen molar-refractivity contribution in [2.75, 3.05) is 6.54 Å². The molecule has 0 radical (unpaired) electrons. The average Bonchev–Trinajstić information content (AvgIpc) is 2.80. The Morgan fingerprint density at radius 2 is 2.25 bits per heavy atom. The smallest absolute Gasteiger partial charge is 0.137 e. The van der Waals surface area contributed by atoms with E-state index in [2.05, 4.69) is 25.5 Å². The van der Waals surface area contributed by atoms with Gasteiger partial charge in [0.25, 0.3) is 0 Å². The number of halogens is 1. The van der Waals surface area contributed by atoms with E-state index in [1.54, 1.807) is 12.3 Å². The van der Waals surface area contributed by atoms with Crippen LogP contribution >= 0.6 is 11.6 Å². The fourth-order valence-corrected chi connectivity index (χ4v) is 1.41. The molecule has 2 aromatic heterocycles. The minimum absolute atomic E-state index is 0.519. The number of rotatable bonds is 5. The molecule has 0 aromatic carbocycles. The third-order valence-electron chi connectivity index (χ3n) is 2.12. The van der Waals surface area contributed by atoms with E-state index in [0.29, 0.717) is 5.15 Å². The van der Waals surface area contributed by atoms with Gasteiger partial charge in [-0.2, -0.15) is 5.10 Å². The molecule has 0 unspecified atom stereocenters. The Morgan fingerprint density at radius 3 is 2.94 bits per heavy atom. The maximum atomic E-state index is 5.69. The Labute approximate surface area is 98.3 Å². The molecule has 0 atom stereocenters. The Balaban J connectivity index is 1.70. The van der Waals surface area contributed by atoms with Gasteiger partial charge in [-0.25, -0.2) is 9.97 Å². The topological polar surface area (TPSA) is 66.5 Å². The molecule has 0 aliphatic rings. The summed E-state index contributed by atoms with van der Waals surface area (Å²) >= 11 is 5.69. The number of nitrogens with zero attached hydrogens (tertiary/aromatic N) is 3. The molecule has 2 aromatic rings. The van der Waals surface area contributed by atoms with Crippen LogP contribution in [0.1, 0.15) is 11.4 Å². The molecule has 2 N–H and O–H groups in total. The highest BCUT2D eigenvalue weighted by Crippen LogP contribution is 2.04. The lowest BCUT2D eigenvalue weighted by molar-refractivity contribution is 0.670. The van der Waals surface area contributed by atoms with E-state index in [0.717, 1.165) is 30.9 Å². The fraction of sp³-hybridized carbons (Fsp3) is 0.300. The lowest BCUT2D eigenvalue weighted by Crippen LogP contribution is -2.17. The van der Waals surface area contributed by atoms with Gasteiger partial charge in [-0.05, 0) is 11.6 Å². The van der Waals surface area contributed by atoms with Crippen LogP contribution in [0, 0.1) is 0 Å². The summed E-state index contributed by atoms with van der Waals surface area (Å²) in [6, 6.07) is 3.74. The van der Waals surface area contributed by atoms with Crippen LogP contribution in [0.5, 0.6) is 0 Å². The van der Waals surface area contributed by atoms with Crippen LogP contribution in [0.3, 0.4) is 0 Å². The first-order valence-corrected chi connectivity index (χ1v) is 5.38. The second-order valence-corrected chi connectivity index (χ2v) is 3.74. The Morgan fingerprint density at radius 1 is 1.31 bits per heavy atom. The molecule has 0 aliphatic heterocycles. The molecular formula is C10H12ClN5.